The average Bonchev–Trinajstić information content (AvgIpc) is 2.39. The van der Waals surface area contributed by atoms with Crippen molar-refractivity contribution in [3.05, 3.63) is 64.7 Å². The third-order valence-corrected chi connectivity index (χ3v) is 3.11. The van der Waals surface area contributed by atoms with E-state index >= 15 is 0 Å². The number of hydrogen-bond acceptors (Lipinski definition) is 2. The lowest BCUT2D eigenvalue weighted by atomic mass is 10.1. The highest BCUT2D eigenvalue weighted by atomic mass is 35.5. The van der Waals surface area contributed by atoms with Gasteiger partial charge in [-0.3, -0.25) is 4.79 Å². The first-order chi connectivity index (χ1) is 9.09. The molecule has 0 aromatic heterocycles. The maximum Gasteiger partial charge on any atom is 0.257 e. The fourth-order valence-corrected chi connectivity index (χ4v) is 2.03. The van der Waals surface area contributed by atoms with Crippen LogP contribution in [0.2, 0.25) is 5.02 Å². The van der Waals surface area contributed by atoms with Gasteiger partial charge in [0.1, 0.15) is 0 Å². The van der Waals surface area contributed by atoms with E-state index in [1.807, 2.05) is 6.07 Å². The third kappa shape index (κ3) is 3.13. The minimum Gasteiger partial charge on any atom is -0.389 e. The molecule has 4 heteroatoms. The quantitative estimate of drug-likeness (QED) is 0.898. The second-order valence-electron chi connectivity index (χ2n) is 4.20. The summed E-state index contributed by atoms with van der Waals surface area (Å²) in [7, 11) is 0. The molecule has 1 unspecified atom stereocenters. The molecule has 2 aromatic carbocycles. The van der Waals surface area contributed by atoms with Gasteiger partial charge in [0.05, 0.1) is 16.7 Å². The molecule has 2 aromatic rings. The van der Waals surface area contributed by atoms with Gasteiger partial charge in [0.2, 0.25) is 0 Å². The smallest absolute Gasteiger partial charge is 0.257 e. The number of amides is 1. The van der Waals surface area contributed by atoms with Crippen molar-refractivity contribution in [2.45, 2.75) is 13.0 Å². The highest BCUT2D eigenvalue weighted by Gasteiger charge is 2.13. The monoisotopic (exact) mass is 275 g/mol. The molecular weight excluding hydrogens is 262 g/mol. The molecular formula is C15H14ClNO2. The zero-order valence-corrected chi connectivity index (χ0v) is 11.2. The Hall–Kier alpha value is -1.84. The summed E-state index contributed by atoms with van der Waals surface area (Å²) in [5.41, 5.74) is 1.66. The fourth-order valence-electron chi connectivity index (χ4n) is 1.81. The van der Waals surface area contributed by atoms with Crippen LogP contribution in [0.5, 0.6) is 0 Å². The van der Waals surface area contributed by atoms with Crippen molar-refractivity contribution in [1.82, 2.24) is 0 Å². The first kappa shape index (κ1) is 13.6. The van der Waals surface area contributed by atoms with Crippen LogP contribution in [0.4, 0.5) is 5.69 Å². The first-order valence-corrected chi connectivity index (χ1v) is 6.30. The number of aliphatic hydroxyl groups excluding tert-OH is 1. The number of rotatable bonds is 3. The molecule has 1 amide bonds. The Kier molecular flexibility index (Phi) is 4.20. The highest BCUT2D eigenvalue weighted by Crippen LogP contribution is 2.24. The minimum atomic E-state index is -0.650. The number of aliphatic hydroxyl groups is 1. The van der Waals surface area contributed by atoms with Gasteiger partial charge in [-0.15, -0.1) is 0 Å². The van der Waals surface area contributed by atoms with Gasteiger partial charge >= 0.3 is 0 Å². The number of para-hydroxylation sites is 1. The summed E-state index contributed by atoms with van der Waals surface area (Å²) in [6.45, 7) is 1.65. The van der Waals surface area contributed by atoms with Crippen LogP contribution in [-0.4, -0.2) is 11.0 Å². The van der Waals surface area contributed by atoms with E-state index in [0.29, 0.717) is 21.8 Å². The summed E-state index contributed by atoms with van der Waals surface area (Å²) < 4.78 is 0. The number of carbonyl (C=O) groups is 1. The van der Waals surface area contributed by atoms with Crippen molar-refractivity contribution in [2.24, 2.45) is 0 Å². The van der Waals surface area contributed by atoms with E-state index in [4.69, 9.17) is 11.6 Å². The van der Waals surface area contributed by atoms with Crippen LogP contribution in [0.15, 0.2) is 48.5 Å². The van der Waals surface area contributed by atoms with Gasteiger partial charge in [0, 0.05) is 11.3 Å². The summed E-state index contributed by atoms with van der Waals surface area (Å²) in [5.74, 6) is -0.293. The molecule has 2 N–H and O–H groups in total. The lowest BCUT2D eigenvalue weighted by Gasteiger charge is -2.13. The predicted octanol–water partition coefficient (Wildman–Crippen LogP) is 3.65. The highest BCUT2D eigenvalue weighted by molar-refractivity contribution is 6.34. The predicted molar refractivity (Wildman–Crippen MR) is 76.5 cm³/mol. The van der Waals surface area contributed by atoms with Crippen LogP contribution in [0.25, 0.3) is 0 Å². The largest absolute Gasteiger partial charge is 0.389 e. The molecule has 0 heterocycles. The second-order valence-corrected chi connectivity index (χ2v) is 4.60. The van der Waals surface area contributed by atoms with Crippen LogP contribution >= 0.6 is 11.6 Å². The molecule has 1 atom stereocenters. The Morgan fingerprint density at radius 3 is 2.47 bits per heavy atom. The van der Waals surface area contributed by atoms with Crippen LogP contribution in [-0.2, 0) is 0 Å². The van der Waals surface area contributed by atoms with Crippen LogP contribution < -0.4 is 5.32 Å². The zero-order valence-electron chi connectivity index (χ0n) is 10.4. The second kappa shape index (κ2) is 5.87. The maximum atomic E-state index is 12.1. The van der Waals surface area contributed by atoms with Crippen LogP contribution in [0.1, 0.15) is 28.9 Å². The van der Waals surface area contributed by atoms with Crippen molar-refractivity contribution in [1.29, 1.82) is 0 Å². The van der Waals surface area contributed by atoms with Crippen molar-refractivity contribution in [3.8, 4) is 0 Å². The lowest BCUT2D eigenvalue weighted by Crippen LogP contribution is -2.14. The molecule has 3 nitrogen and oxygen atoms in total. The van der Waals surface area contributed by atoms with E-state index in [2.05, 4.69) is 5.32 Å². The molecule has 0 aliphatic carbocycles. The van der Waals surface area contributed by atoms with Crippen molar-refractivity contribution in [2.75, 3.05) is 5.32 Å². The zero-order chi connectivity index (χ0) is 13.8. The van der Waals surface area contributed by atoms with Gasteiger partial charge in [-0.25, -0.2) is 0 Å². The summed E-state index contributed by atoms with van der Waals surface area (Å²) in [6.07, 6.45) is -0.650. The van der Waals surface area contributed by atoms with E-state index in [1.54, 1.807) is 49.4 Å². The Balaban J connectivity index is 2.27. The summed E-state index contributed by atoms with van der Waals surface area (Å²) in [6, 6.07) is 14.0. The SMILES string of the molecule is CC(O)c1ccccc1NC(=O)c1ccccc1Cl. The average molecular weight is 276 g/mol. The topological polar surface area (TPSA) is 49.3 Å². The van der Waals surface area contributed by atoms with Gasteiger partial charge < -0.3 is 10.4 Å². The van der Waals surface area contributed by atoms with Crippen LogP contribution in [0.3, 0.4) is 0 Å². The third-order valence-electron chi connectivity index (χ3n) is 2.78. The molecule has 0 fully saturated rings. The molecule has 0 radical (unpaired) electrons. The number of halogens is 1. The summed E-state index contributed by atoms with van der Waals surface area (Å²) >= 11 is 5.98. The molecule has 0 saturated carbocycles. The van der Waals surface area contributed by atoms with Crippen LogP contribution in [0, 0.1) is 0 Å². The van der Waals surface area contributed by atoms with E-state index in [-0.39, 0.29) is 5.91 Å². The van der Waals surface area contributed by atoms with Crippen molar-refractivity contribution in [3.63, 3.8) is 0 Å². The van der Waals surface area contributed by atoms with Gasteiger partial charge in [-0.1, -0.05) is 41.9 Å². The van der Waals surface area contributed by atoms with Gasteiger partial charge in [0.15, 0.2) is 0 Å². The molecule has 19 heavy (non-hydrogen) atoms. The number of benzene rings is 2. The van der Waals surface area contributed by atoms with E-state index < -0.39 is 6.10 Å². The first-order valence-electron chi connectivity index (χ1n) is 5.92. The molecule has 0 bridgehead atoms. The Labute approximate surface area is 116 Å². The van der Waals surface area contributed by atoms with E-state index in [9.17, 15) is 9.90 Å². The number of hydrogen-bond donors (Lipinski definition) is 2. The molecule has 98 valence electrons. The Morgan fingerprint density at radius 1 is 1.16 bits per heavy atom. The minimum absolute atomic E-state index is 0.293. The Morgan fingerprint density at radius 2 is 1.79 bits per heavy atom. The van der Waals surface area contributed by atoms with Crippen molar-refractivity contribution < 1.29 is 9.90 Å². The summed E-state index contributed by atoms with van der Waals surface area (Å²) in [5, 5.41) is 12.8. The van der Waals surface area contributed by atoms with Gasteiger partial charge in [-0.05, 0) is 25.1 Å². The Bertz CT molecular complexity index is 596. The molecule has 0 saturated heterocycles. The molecule has 2 rings (SSSR count). The fraction of sp³-hybridized carbons (Fsp3) is 0.133. The molecule has 0 aliphatic heterocycles. The number of carbonyl (C=O) groups excluding carboxylic acids is 1. The van der Waals surface area contributed by atoms with Crippen molar-refractivity contribution >= 4 is 23.2 Å². The molecule has 0 aliphatic rings. The van der Waals surface area contributed by atoms with E-state index in [0.717, 1.165) is 0 Å². The van der Waals surface area contributed by atoms with Gasteiger partial charge in [-0.2, -0.15) is 0 Å². The number of anilines is 1. The summed E-state index contributed by atoms with van der Waals surface area (Å²) in [4.78, 5) is 12.1. The normalized spacial score (nSPS) is 11.9. The standard InChI is InChI=1S/C15H14ClNO2/c1-10(18)11-6-3-5-9-14(11)17-15(19)12-7-2-4-8-13(12)16/h2-10,18H,1H3,(H,17,19). The maximum absolute atomic E-state index is 12.1. The van der Waals surface area contributed by atoms with Gasteiger partial charge in [0.25, 0.3) is 5.91 Å². The lowest BCUT2D eigenvalue weighted by molar-refractivity contribution is 0.102. The number of nitrogens with one attached hydrogen (secondary N) is 1. The molecule has 0 spiro atoms. The van der Waals surface area contributed by atoms with E-state index in [1.165, 1.54) is 0 Å².